The van der Waals surface area contributed by atoms with Gasteiger partial charge in [-0.1, -0.05) is 33.8 Å². The van der Waals surface area contributed by atoms with Crippen molar-refractivity contribution in [2.75, 3.05) is 7.11 Å². The number of benzene rings is 1. The number of hydrogen-bond acceptors (Lipinski definition) is 3. The Hall–Kier alpha value is -1.58. The molecule has 4 nitrogen and oxygen atoms in total. The van der Waals surface area contributed by atoms with E-state index in [1.165, 1.54) is 13.2 Å². The minimum Gasteiger partial charge on any atom is -0.496 e. The second-order valence-electron chi connectivity index (χ2n) is 3.30. The lowest BCUT2D eigenvalue weighted by Gasteiger charge is -2.11. The largest absolute Gasteiger partial charge is 0.496 e. The Morgan fingerprint density at radius 1 is 1.31 bits per heavy atom. The first kappa shape index (κ1) is 14.4. The predicted octanol–water partition coefficient (Wildman–Crippen LogP) is 3.75. The number of methoxy groups -OCH3 is 1. The molecular weight excluding hydrogens is 206 g/mol. The van der Waals surface area contributed by atoms with Gasteiger partial charge in [-0.05, 0) is 12.0 Å². The lowest BCUT2D eigenvalue weighted by atomic mass is 10.00. The molecule has 16 heavy (non-hydrogen) atoms. The first-order chi connectivity index (χ1) is 7.57. The minimum absolute atomic E-state index is 0.0755. The number of rotatable bonds is 3. The fourth-order valence-electron chi connectivity index (χ4n) is 1.45. The van der Waals surface area contributed by atoms with Gasteiger partial charge >= 0.3 is 0 Å². The minimum atomic E-state index is -0.377. The monoisotopic (exact) mass is 225 g/mol. The SMILES string of the molecule is CC.COc1cccc([N+](=O)[O-])c1C(C)C. The van der Waals surface area contributed by atoms with E-state index in [1.807, 2.05) is 27.7 Å². The Kier molecular flexibility index (Phi) is 6.15. The van der Waals surface area contributed by atoms with Gasteiger partial charge in [0.25, 0.3) is 5.69 Å². The molecule has 0 heterocycles. The van der Waals surface area contributed by atoms with E-state index in [-0.39, 0.29) is 16.5 Å². The molecule has 0 saturated carbocycles. The van der Waals surface area contributed by atoms with Gasteiger partial charge in [-0.15, -0.1) is 0 Å². The van der Waals surface area contributed by atoms with E-state index in [9.17, 15) is 10.1 Å². The van der Waals surface area contributed by atoms with Crippen molar-refractivity contribution < 1.29 is 9.66 Å². The molecule has 0 unspecified atom stereocenters. The second kappa shape index (κ2) is 6.82. The van der Waals surface area contributed by atoms with E-state index < -0.39 is 0 Å². The summed E-state index contributed by atoms with van der Waals surface area (Å²) in [4.78, 5) is 10.4. The maximum absolute atomic E-state index is 10.7. The van der Waals surface area contributed by atoms with E-state index in [1.54, 1.807) is 12.1 Å². The average Bonchev–Trinajstić information content (AvgIpc) is 2.30. The maximum atomic E-state index is 10.7. The third-order valence-electron chi connectivity index (χ3n) is 2.04. The summed E-state index contributed by atoms with van der Waals surface area (Å²) in [6, 6.07) is 4.86. The maximum Gasteiger partial charge on any atom is 0.276 e. The van der Waals surface area contributed by atoms with Crippen LogP contribution in [-0.4, -0.2) is 12.0 Å². The summed E-state index contributed by atoms with van der Waals surface area (Å²) in [5, 5.41) is 10.7. The topological polar surface area (TPSA) is 52.4 Å². The summed E-state index contributed by atoms with van der Waals surface area (Å²) in [6.45, 7) is 7.82. The molecule has 0 radical (unpaired) electrons. The van der Waals surface area contributed by atoms with Crippen molar-refractivity contribution in [3.63, 3.8) is 0 Å². The van der Waals surface area contributed by atoms with Gasteiger partial charge in [-0.3, -0.25) is 10.1 Å². The highest BCUT2D eigenvalue weighted by Crippen LogP contribution is 2.34. The summed E-state index contributed by atoms with van der Waals surface area (Å²) in [6.07, 6.45) is 0. The lowest BCUT2D eigenvalue weighted by molar-refractivity contribution is -0.385. The summed E-state index contributed by atoms with van der Waals surface area (Å²) in [7, 11) is 1.52. The van der Waals surface area contributed by atoms with Gasteiger partial charge < -0.3 is 4.74 Å². The zero-order valence-corrected chi connectivity index (χ0v) is 10.5. The van der Waals surface area contributed by atoms with Crippen LogP contribution in [0.4, 0.5) is 5.69 Å². The van der Waals surface area contributed by atoms with Gasteiger partial charge in [0.05, 0.1) is 17.6 Å². The van der Waals surface area contributed by atoms with E-state index >= 15 is 0 Å². The van der Waals surface area contributed by atoms with Crippen molar-refractivity contribution >= 4 is 5.69 Å². The smallest absolute Gasteiger partial charge is 0.276 e. The number of nitrogens with zero attached hydrogens (tertiary/aromatic N) is 1. The quantitative estimate of drug-likeness (QED) is 0.581. The van der Waals surface area contributed by atoms with Gasteiger partial charge in [0.1, 0.15) is 5.75 Å². The van der Waals surface area contributed by atoms with Crippen LogP contribution in [-0.2, 0) is 0 Å². The van der Waals surface area contributed by atoms with Gasteiger partial charge in [-0.25, -0.2) is 0 Å². The first-order valence-electron chi connectivity index (χ1n) is 5.39. The van der Waals surface area contributed by atoms with E-state index in [0.29, 0.717) is 11.3 Å². The molecular formula is C12H19NO3. The highest BCUT2D eigenvalue weighted by molar-refractivity contribution is 5.51. The van der Waals surface area contributed by atoms with Crippen molar-refractivity contribution in [3.8, 4) is 5.75 Å². The normalized spacial score (nSPS) is 9.38. The van der Waals surface area contributed by atoms with Crippen molar-refractivity contribution in [1.29, 1.82) is 0 Å². The molecule has 0 spiro atoms. The Morgan fingerprint density at radius 3 is 2.25 bits per heavy atom. The van der Waals surface area contributed by atoms with Gasteiger partial charge in [0, 0.05) is 6.07 Å². The number of nitro benzene ring substituents is 1. The Balaban J connectivity index is 0.00000106. The zero-order valence-electron chi connectivity index (χ0n) is 10.5. The molecule has 0 bridgehead atoms. The second-order valence-corrected chi connectivity index (χ2v) is 3.30. The zero-order chi connectivity index (χ0) is 12.7. The van der Waals surface area contributed by atoms with E-state index in [4.69, 9.17) is 4.74 Å². The van der Waals surface area contributed by atoms with Crippen molar-refractivity contribution in [3.05, 3.63) is 33.9 Å². The van der Waals surface area contributed by atoms with Gasteiger partial charge in [-0.2, -0.15) is 0 Å². The molecule has 0 saturated heterocycles. The van der Waals surface area contributed by atoms with Crippen LogP contribution in [0.1, 0.15) is 39.2 Å². The van der Waals surface area contributed by atoms with E-state index in [2.05, 4.69) is 0 Å². The van der Waals surface area contributed by atoms with Crippen LogP contribution in [0.5, 0.6) is 5.75 Å². The highest BCUT2D eigenvalue weighted by Gasteiger charge is 2.20. The number of hydrogen-bond donors (Lipinski definition) is 0. The van der Waals surface area contributed by atoms with Crippen LogP contribution < -0.4 is 4.74 Å². The average molecular weight is 225 g/mol. The molecule has 1 aromatic carbocycles. The van der Waals surface area contributed by atoms with Gasteiger partial charge in [0.2, 0.25) is 0 Å². The Bertz CT molecular complexity index is 348. The molecule has 4 heteroatoms. The van der Waals surface area contributed by atoms with E-state index in [0.717, 1.165) is 0 Å². The highest BCUT2D eigenvalue weighted by atomic mass is 16.6. The van der Waals surface area contributed by atoms with Crippen LogP contribution in [0.3, 0.4) is 0 Å². The predicted molar refractivity (Wildman–Crippen MR) is 65.1 cm³/mol. The van der Waals surface area contributed by atoms with Crippen molar-refractivity contribution in [2.24, 2.45) is 0 Å². The number of nitro groups is 1. The summed E-state index contributed by atoms with van der Waals surface area (Å²) in [5.41, 5.74) is 0.777. The molecule has 90 valence electrons. The molecule has 0 aromatic heterocycles. The van der Waals surface area contributed by atoms with Crippen LogP contribution in [0.25, 0.3) is 0 Å². The van der Waals surface area contributed by atoms with Crippen molar-refractivity contribution in [1.82, 2.24) is 0 Å². The molecule has 0 fully saturated rings. The summed E-state index contributed by atoms with van der Waals surface area (Å²) >= 11 is 0. The molecule has 0 N–H and O–H groups in total. The summed E-state index contributed by atoms with van der Waals surface area (Å²) in [5.74, 6) is 0.653. The molecule has 0 atom stereocenters. The molecule has 0 amide bonds. The molecule has 1 rings (SSSR count). The third kappa shape index (κ3) is 3.22. The Labute approximate surface area is 96.4 Å². The van der Waals surface area contributed by atoms with Crippen LogP contribution in [0.15, 0.2) is 18.2 Å². The fourth-order valence-corrected chi connectivity index (χ4v) is 1.45. The fraction of sp³-hybridized carbons (Fsp3) is 0.500. The third-order valence-corrected chi connectivity index (χ3v) is 2.04. The standard InChI is InChI=1S/C10H13NO3.C2H6/c1-7(2)10-8(11(12)13)5-4-6-9(10)14-3;1-2/h4-7H,1-3H3;1-2H3. The van der Waals surface area contributed by atoms with Gasteiger partial charge in [0.15, 0.2) is 0 Å². The van der Waals surface area contributed by atoms with Crippen molar-refractivity contribution in [2.45, 2.75) is 33.6 Å². The number of ether oxygens (including phenoxy) is 1. The first-order valence-corrected chi connectivity index (χ1v) is 5.39. The summed E-state index contributed by atoms with van der Waals surface area (Å²) < 4.78 is 5.09. The molecule has 0 aliphatic heterocycles. The van der Waals surface area contributed by atoms with Crippen LogP contribution >= 0.6 is 0 Å². The molecule has 1 aromatic rings. The molecule has 0 aliphatic carbocycles. The van der Waals surface area contributed by atoms with Crippen LogP contribution in [0.2, 0.25) is 0 Å². The Morgan fingerprint density at radius 2 is 1.88 bits per heavy atom. The lowest BCUT2D eigenvalue weighted by Crippen LogP contribution is -2.00. The van der Waals surface area contributed by atoms with Crippen LogP contribution in [0, 0.1) is 10.1 Å². The molecule has 0 aliphatic rings.